The molecule has 0 spiro atoms. The minimum Gasteiger partial charge on any atom is -0.271 e. The van der Waals surface area contributed by atoms with E-state index in [1.807, 2.05) is 0 Å². The van der Waals surface area contributed by atoms with Crippen molar-refractivity contribution in [2.75, 3.05) is 0 Å². The second-order valence-electron chi connectivity index (χ2n) is 6.92. The Morgan fingerprint density at radius 2 is 1.85 bits per heavy atom. The molecule has 0 amide bonds. The maximum atomic E-state index is 13.2. The quantitative estimate of drug-likeness (QED) is 0.616. The zero-order valence-electron chi connectivity index (χ0n) is 12.8. The molecular formula is C16H26F2N2. The molecule has 114 valence electrons. The van der Waals surface area contributed by atoms with Crippen LogP contribution in [0.4, 0.5) is 8.78 Å². The van der Waals surface area contributed by atoms with Gasteiger partial charge in [0, 0.05) is 6.04 Å². The highest BCUT2D eigenvalue weighted by molar-refractivity contribution is 5.18. The molecule has 0 aromatic heterocycles. The van der Waals surface area contributed by atoms with Crippen LogP contribution in [0.3, 0.4) is 0 Å². The van der Waals surface area contributed by atoms with Gasteiger partial charge < -0.3 is 0 Å². The molecule has 2 atom stereocenters. The van der Waals surface area contributed by atoms with Crippen molar-refractivity contribution in [3.63, 3.8) is 0 Å². The molecule has 0 radical (unpaired) electrons. The zero-order valence-corrected chi connectivity index (χ0v) is 12.8. The summed E-state index contributed by atoms with van der Waals surface area (Å²) >= 11 is 0. The molecule has 0 aliphatic rings. The fraction of sp³-hybridized carbons (Fsp3) is 0.625. The molecule has 0 fully saturated rings. The summed E-state index contributed by atoms with van der Waals surface area (Å²) in [5.41, 5.74) is 3.82. The molecule has 0 aliphatic heterocycles. The van der Waals surface area contributed by atoms with Gasteiger partial charge >= 0.3 is 0 Å². The Bertz CT molecular complexity index is 427. The highest BCUT2D eigenvalue weighted by atomic mass is 19.2. The smallest absolute Gasteiger partial charge is 0.159 e. The van der Waals surface area contributed by atoms with Crippen molar-refractivity contribution in [2.24, 2.45) is 17.2 Å². The monoisotopic (exact) mass is 284 g/mol. The van der Waals surface area contributed by atoms with E-state index in [2.05, 4.69) is 33.1 Å². The van der Waals surface area contributed by atoms with Gasteiger partial charge in [-0.2, -0.15) is 0 Å². The Hall–Kier alpha value is -1.00. The SMILES string of the molecule is CC(CC(Cc1ccc(F)c(F)c1)NN)CC(C)(C)C. The average Bonchev–Trinajstić information content (AvgIpc) is 2.30. The molecule has 1 aromatic rings. The van der Waals surface area contributed by atoms with Crippen LogP contribution in [0.2, 0.25) is 0 Å². The average molecular weight is 284 g/mol. The molecule has 2 nitrogen and oxygen atoms in total. The second-order valence-corrected chi connectivity index (χ2v) is 6.92. The molecule has 2 unspecified atom stereocenters. The van der Waals surface area contributed by atoms with Crippen molar-refractivity contribution in [3.05, 3.63) is 35.4 Å². The highest BCUT2D eigenvalue weighted by Crippen LogP contribution is 2.27. The highest BCUT2D eigenvalue weighted by Gasteiger charge is 2.19. The molecule has 20 heavy (non-hydrogen) atoms. The van der Waals surface area contributed by atoms with Gasteiger partial charge in [-0.15, -0.1) is 0 Å². The molecule has 3 N–H and O–H groups in total. The molecule has 0 saturated heterocycles. The van der Waals surface area contributed by atoms with Gasteiger partial charge in [0.15, 0.2) is 11.6 Å². The number of hydrazine groups is 1. The van der Waals surface area contributed by atoms with E-state index in [9.17, 15) is 8.78 Å². The van der Waals surface area contributed by atoms with E-state index in [0.717, 1.165) is 24.5 Å². The summed E-state index contributed by atoms with van der Waals surface area (Å²) in [6, 6.07) is 4.08. The Labute approximate surface area is 120 Å². The number of rotatable bonds is 6. The maximum absolute atomic E-state index is 13.2. The second kappa shape index (κ2) is 7.14. The van der Waals surface area contributed by atoms with Crippen LogP contribution in [0.25, 0.3) is 0 Å². The predicted octanol–water partition coefficient (Wildman–Crippen LogP) is 3.80. The molecule has 0 bridgehead atoms. The first-order valence-electron chi connectivity index (χ1n) is 7.11. The molecule has 1 aromatic carbocycles. The van der Waals surface area contributed by atoms with Crippen LogP contribution in [-0.2, 0) is 6.42 Å². The zero-order chi connectivity index (χ0) is 15.3. The first kappa shape index (κ1) is 17.1. The topological polar surface area (TPSA) is 38.0 Å². The van der Waals surface area contributed by atoms with E-state index in [-0.39, 0.29) is 11.5 Å². The van der Waals surface area contributed by atoms with Crippen LogP contribution in [0.1, 0.15) is 46.1 Å². The van der Waals surface area contributed by atoms with E-state index in [0.29, 0.717) is 12.3 Å². The minimum absolute atomic E-state index is 0.0669. The Balaban J connectivity index is 2.60. The first-order valence-corrected chi connectivity index (χ1v) is 7.11. The van der Waals surface area contributed by atoms with E-state index in [4.69, 9.17) is 5.84 Å². The van der Waals surface area contributed by atoms with Gasteiger partial charge in [-0.05, 0) is 48.3 Å². The van der Waals surface area contributed by atoms with Crippen LogP contribution in [-0.4, -0.2) is 6.04 Å². The number of benzene rings is 1. The van der Waals surface area contributed by atoms with Crippen molar-refractivity contribution >= 4 is 0 Å². The molecular weight excluding hydrogens is 258 g/mol. The van der Waals surface area contributed by atoms with Crippen LogP contribution < -0.4 is 11.3 Å². The number of nitrogens with one attached hydrogen (secondary N) is 1. The fourth-order valence-corrected chi connectivity index (χ4v) is 2.78. The molecule has 1 rings (SSSR count). The lowest BCUT2D eigenvalue weighted by Gasteiger charge is -2.26. The lowest BCUT2D eigenvalue weighted by molar-refractivity contribution is 0.274. The minimum atomic E-state index is -0.813. The third kappa shape index (κ3) is 5.97. The number of hydrogen-bond donors (Lipinski definition) is 2. The summed E-state index contributed by atoms with van der Waals surface area (Å²) < 4.78 is 26.1. The summed E-state index contributed by atoms with van der Waals surface area (Å²) in [4.78, 5) is 0. The summed E-state index contributed by atoms with van der Waals surface area (Å²) in [6.07, 6.45) is 2.61. The number of hydrogen-bond acceptors (Lipinski definition) is 2. The van der Waals surface area contributed by atoms with Gasteiger partial charge in [-0.3, -0.25) is 11.3 Å². The first-order chi connectivity index (χ1) is 9.21. The standard InChI is InChI=1S/C16H26F2N2/c1-11(10-16(2,3)4)7-13(20-19)8-12-5-6-14(17)15(18)9-12/h5-6,9,11,13,20H,7-8,10,19H2,1-4H3. The third-order valence-electron chi connectivity index (χ3n) is 3.35. The van der Waals surface area contributed by atoms with Crippen LogP contribution in [0, 0.1) is 23.0 Å². The van der Waals surface area contributed by atoms with Crippen molar-refractivity contribution in [1.29, 1.82) is 0 Å². The number of halogens is 2. The summed E-state index contributed by atoms with van der Waals surface area (Å²) in [5.74, 6) is 4.48. The van der Waals surface area contributed by atoms with Crippen molar-refractivity contribution in [3.8, 4) is 0 Å². The van der Waals surface area contributed by atoms with Gasteiger partial charge in [-0.1, -0.05) is 33.8 Å². The largest absolute Gasteiger partial charge is 0.271 e. The van der Waals surface area contributed by atoms with Crippen molar-refractivity contribution in [1.82, 2.24) is 5.43 Å². The summed E-state index contributed by atoms with van der Waals surface area (Å²) in [7, 11) is 0. The normalized spacial score (nSPS) is 15.2. The van der Waals surface area contributed by atoms with Gasteiger partial charge in [-0.25, -0.2) is 8.78 Å². The van der Waals surface area contributed by atoms with Gasteiger partial charge in [0.1, 0.15) is 0 Å². The van der Waals surface area contributed by atoms with E-state index in [1.54, 1.807) is 6.07 Å². The molecule has 0 aliphatic carbocycles. The molecule has 0 saturated carbocycles. The lowest BCUT2D eigenvalue weighted by Crippen LogP contribution is -2.38. The van der Waals surface area contributed by atoms with Crippen LogP contribution in [0.5, 0.6) is 0 Å². The Morgan fingerprint density at radius 1 is 1.20 bits per heavy atom. The third-order valence-corrected chi connectivity index (χ3v) is 3.35. The molecule has 0 heterocycles. The van der Waals surface area contributed by atoms with Gasteiger partial charge in [0.05, 0.1) is 0 Å². The van der Waals surface area contributed by atoms with E-state index in [1.165, 1.54) is 6.07 Å². The maximum Gasteiger partial charge on any atom is 0.159 e. The van der Waals surface area contributed by atoms with E-state index >= 15 is 0 Å². The van der Waals surface area contributed by atoms with Crippen molar-refractivity contribution < 1.29 is 8.78 Å². The van der Waals surface area contributed by atoms with Gasteiger partial charge in [0.2, 0.25) is 0 Å². The fourth-order valence-electron chi connectivity index (χ4n) is 2.78. The Morgan fingerprint density at radius 3 is 2.35 bits per heavy atom. The summed E-state index contributed by atoms with van der Waals surface area (Å²) in [6.45, 7) is 8.83. The van der Waals surface area contributed by atoms with Crippen LogP contribution >= 0.6 is 0 Å². The van der Waals surface area contributed by atoms with Crippen LogP contribution in [0.15, 0.2) is 18.2 Å². The lowest BCUT2D eigenvalue weighted by atomic mass is 9.82. The Kier molecular flexibility index (Phi) is 6.08. The van der Waals surface area contributed by atoms with E-state index < -0.39 is 11.6 Å². The predicted molar refractivity (Wildman–Crippen MR) is 79.0 cm³/mol. The number of nitrogens with two attached hydrogens (primary N) is 1. The summed E-state index contributed by atoms with van der Waals surface area (Å²) in [5, 5.41) is 0. The molecule has 4 heteroatoms. The van der Waals surface area contributed by atoms with Gasteiger partial charge in [0.25, 0.3) is 0 Å². The van der Waals surface area contributed by atoms with Crippen molar-refractivity contribution in [2.45, 2.75) is 53.0 Å².